The van der Waals surface area contributed by atoms with Gasteiger partial charge in [0.05, 0.1) is 54.6 Å². The monoisotopic (exact) mass is 1650 g/mol. The molecule has 0 heterocycles. The molecule has 21 heteroatoms. The Morgan fingerprint density at radius 3 is 0.394 bits per heavy atom. The van der Waals surface area contributed by atoms with Crippen molar-refractivity contribution in [1.82, 2.24) is 0 Å². The van der Waals surface area contributed by atoms with Gasteiger partial charge in [0.1, 0.15) is 0 Å². The van der Waals surface area contributed by atoms with E-state index < -0.39 is 0 Å². The van der Waals surface area contributed by atoms with Gasteiger partial charge in [-0.25, -0.2) is 0 Å². The van der Waals surface area contributed by atoms with Crippen molar-refractivity contribution in [3.8, 4) is 54.6 Å². The number of hydrogen-bond donors (Lipinski definition) is 0. The van der Waals surface area contributed by atoms with Crippen molar-refractivity contribution in [3.05, 3.63) is 260 Å². The summed E-state index contributed by atoms with van der Waals surface area (Å²) in [5.74, 6) is 0. The second-order valence-corrected chi connectivity index (χ2v) is 18.2. The summed E-state index contributed by atoms with van der Waals surface area (Å²) in [5, 5.41) is 83.0. The molecule has 0 unspecified atom stereocenters. The van der Waals surface area contributed by atoms with Crippen LogP contribution in [0, 0.1) is 157 Å². The van der Waals surface area contributed by atoms with Crippen molar-refractivity contribution in [2.75, 3.05) is 0 Å². The van der Waals surface area contributed by atoms with E-state index in [1.165, 1.54) is 107 Å². The van der Waals surface area contributed by atoms with Gasteiger partial charge in [0, 0.05) is 147 Å². The third-order valence-electron chi connectivity index (χ3n) is 9.93. The quantitative estimate of drug-likeness (QED) is 0.0636. The first-order valence-corrected chi connectivity index (χ1v) is 28.9. The number of nitriles is 9. The van der Waals surface area contributed by atoms with Gasteiger partial charge in [-0.2, -0.15) is 47.4 Å². The Hall–Kier alpha value is -10.2. The van der Waals surface area contributed by atoms with Crippen molar-refractivity contribution in [3.63, 3.8) is 0 Å². The van der Waals surface area contributed by atoms with Crippen molar-refractivity contribution >= 4 is 70.9 Å². The second kappa shape index (κ2) is 80.2. The molecular formula is C78H87Mo4N17-4. The van der Waals surface area contributed by atoms with E-state index >= 15 is 0 Å². The zero-order valence-corrected chi connectivity index (χ0v) is 67.5. The zero-order chi connectivity index (χ0) is 72.7. The molecule has 0 aromatic heterocycles. The summed E-state index contributed by atoms with van der Waals surface area (Å²) in [5.41, 5.74) is 17.3. The van der Waals surface area contributed by atoms with Gasteiger partial charge >= 0.3 is 0 Å². The van der Waals surface area contributed by atoms with E-state index in [0.29, 0.717) is 0 Å². The van der Waals surface area contributed by atoms with Crippen LogP contribution in [0.15, 0.2) is 214 Å². The Morgan fingerprint density at radius 2 is 0.293 bits per heavy atom. The van der Waals surface area contributed by atoms with E-state index in [2.05, 4.69) is 96.6 Å². The minimum atomic E-state index is 0. The molecule has 0 aliphatic carbocycles. The van der Waals surface area contributed by atoms with Crippen molar-refractivity contribution in [2.24, 2.45) is 20.0 Å². The molecule has 8 rings (SSSR count). The van der Waals surface area contributed by atoms with Crippen molar-refractivity contribution in [1.29, 1.82) is 47.4 Å². The molecule has 99 heavy (non-hydrogen) atoms. The Labute approximate surface area is 649 Å². The van der Waals surface area contributed by atoms with E-state index in [1.807, 2.05) is 194 Å². The molecule has 0 aliphatic heterocycles. The maximum atomic E-state index is 7.32. The molecule has 512 valence electrons. The maximum absolute atomic E-state index is 7.32. The molecule has 0 atom stereocenters. The average Bonchev–Trinajstić information content (AvgIpc) is 2.10. The molecule has 0 saturated heterocycles. The van der Waals surface area contributed by atoms with Crippen LogP contribution in [0.2, 0.25) is 0 Å². The summed E-state index contributed by atoms with van der Waals surface area (Å²) in [4.78, 5) is 17.1. The molecule has 8 aromatic carbocycles. The number of hydrogen-bond acceptors (Lipinski definition) is 13. The summed E-state index contributed by atoms with van der Waals surface area (Å²) >= 11 is 0. The van der Waals surface area contributed by atoms with Gasteiger partial charge < -0.3 is 41.2 Å². The fraction of sp³-hybridized carbons (Fsp3) is 0.218. The molecule has 0 radical (unpaired) electrons. The Kier molecular flexibility index (Phi) is 87.1. The van der Waals surface area contributed by atoms with E-state index in [-0.39, 0.29) is 84.3 Å². The van der Waals surface area contributed by atoms with Crippen LogP contribution in [0.25, 0.3) is 21.3 Å². The SMILES string of the molecule is CC#N.CC#N.CC#N.CC#N.CC#N.CC#N.CC#N.CC#N.CC#N.Cc1ccc(N=C[N-]c2ccc(C)cc2)cc1.Cc1ccc(N=C[N-]c2ccc(C)cc2)cc1.Cc1ccc(N=C[N-]c2ccc(C)cc2)cc1.Cc1ccc(N=C[N-]c2ccc(C)cc2)cc1.[Mo].[Mo].[Mo].[Mo]. The Bertz CT molecular complexity index is 3170. The molecule has 0 aliphatic rings. The van der Waals surface area contributed by atoms with Gasteiger partial charge in [-0.1, -0.05) is 264 Å². The first kappa shape index (κ1) is 108. The van der Waals surface area contributed by atoms with Crippen LogP contribution in [0.3, 0.4) is 0 Å². The number of rotatable bonds is 12. The minimum Gasteiger partial charge on any atom is -0.443 e. The third kappa shape index (κ3) is 73.5. The number of nitrogens with zero attached hydrogens (tertiary/aromatic N) is 17. The normalized spacial score (nSPS) is 8.08. The predicted octanol–water partition coefficient (Wildman–Crippen LogP) is 23.4. The topological polar surface area (TPSA) is 320 Å². The molecule has 0 N–H and O–H groups in total. The maximum Gasteiger partial charge on any atom is 0.0587 e. The number of aryl methyl sites for hydroxylation is 8. The molecule has 0 spiro atoms. The van der Waals surface area contributed by atoms with Crippen LogP contribution >= 0.6 is 0 Å². The summed E-state index contributed by atoms with van der Waals surface area (Å²) in [7, 11) is 0. The summed E-state index contributed by atoms with van der Waals surface area (Å²) < 4.78 is 0. The van der Waals surface area contributed by atoms with Crippen LogP contribution < -0.4 is 0 Å². The summed E-state index contributed by atoms with van der Waals surface area (Å²) in [6.07, 6.45) is 6.37. The molecule has 0 amide bonds. The van der Waals surface area contributed by atoms with Crippen LogP contribution in [0.1, 0.15) is 107 Å². The van der Waals surface area contributed by atoms with Crippen LogP contribution in [0.4, 0.5) is 45.5 Å². The minimum absolute atomic E-state index is 0. The van der Waals surface area contributed by atoms with Crippen LogP contribution in [0.5, 0.6) is 0 Å². The Morgan fingerprint density at radius 1 is 0.202 bits per heavy atom. The van der Waals surface area contributed by atoms with Crippen LogP contribution in [-0.4, -0.2) is 25.4 Å². The Balaban J connectivity index is -0.000000137. The number of benzene rings is 8. The molecule has 8 aromatic rings. The van der Waals surface area contributed by atoms with Gasteiger partial charge in [0.15, 0.2) is 0 Å². The summed E-state index contributed by atoms with van der Waals surface area (Å²) in [6.45, 7) is 29.4. The van der Waals surface area contributed by atoms with Crippen molar-refractivity contribution in [2.45, 2.75) is 118 Å². The predicted molar refractivity (Wildman–Crippen MR) is 396 cm³/mol. The average molecular weight is 1650 g/mol. The van der Waals surface area contributed by atoms with E-state index in [0.717, 1.165) is 45.5 Å². The number of aliphatic imine (C=N–C) groups is 4. The second-order valence-electron chi connectivity index (χ2n) is 18.2. The first-order valence-electron chi connectivity index (χ1n) is 28.9. The standard InChI is InChI=1S/4C15H15N2.9C2H3N.4Mo/c4*1-12-3-7-14(8-4-12)16-11-17-15-9-5-13(2)6-10-15;9*1-2-3;;;;/h4*3-11H,1-2H3;9*1H3;;;;/q4*-1;;;;;;;;;;;;;. The largest absolute Gasteiger partial charge is 0.443 e. The van der Waals surface area contributed by atoms with Gasteiger partial charge in [-0.05, 0) is 101 Å². The molecule has 0 fully saturated rings. The smallest absolute Gasteiger partial charge is 0.0587 e. The molecular weight excluding hydrogens is 1560 g/mol. The van der Waals surface area contributed by atoms with E-state index in [4.69, 9.17) is 47.4 Å². The van der Waals surface area contributed by atoms with Gasteiger partial charge in [0.25, 0.3) is 0 Å². The van der Waals surface area contributed by atoms with Gasteiger partial charge in [0.2, 0.25) is 0 Å². The van der Waals surface area contributed by atoms with Gasteiger partial charge in [-0.15, -0.1) is 0 Å². The first-order chi connectivity index (χ1) is 45.7. The van der Waals surface area contributed by atoms with Crippen LogP contribution in [-0.2, 0) is 84.3 Å². The molecule has 0 saturated carbocycles. The molecule has 0 bridgehead atoms. The van der Waals surface area contributed by atoms with E-state index in [1.54, 1.807) is 80.0 Å². The fourth-order valence-corrected chi connectivity index (χ4v) is 5.70. The van der Waals surface area contributed by atoms with E-state index in [9.17, 15) is 0 Å². The zero-order valence-electron chi connectivity index (χ0n) is 59.5. The van der Waals surface area contributed by atoms with Crippen molar-refractivity contribution < 1.29 is 84.3 Å². The summed E-state index contributed by atoms with van der Waals surface area (Å²) in [6, 6.07) is 80.1. The molecule has 17 nitrogen and oxygen atoms in total. The third-order valence-corrected chi connectivity index (χ3v) is 9.93. The fourth-order valence-electron chi connectivity index (χ4n) is 5.70. The van der Waals surface area contributed by atoms with Gasteiger partial charge in [-0.3, -0.25) is 0 Å².